The highest BCUT2D eigenvalue weighted by Gasteiger charge is 2.25. The summed E-state index contributed by atoms with van der Waals surface area (Å²) in [7, 11) is 5.91. The highest BCUT2D eigenvalue weighted by atomic mass is 16.7. The number of rotatable bonds is 34. The molecule has 300 valence electrons. The number of esters is 2. The zero-order valence-corrected chi connectivity index (χ0v) is 33.6. The number of carbonyl (C=O) groups excluding carboxylic acids is 2. The quantitative estimate of drug-likeness (QED) is 0.0228. The van der Waals surface area contributed by atoms with Crippen LogP contribution in [0.15, 0.2) is 85.1 Å². The van der Waals surface area contributed by atoms with Crippen LogP contribution in [0.1, 0.15) is 117 Å². The van der Waals surface area contributed by atoms with E-state index in [0.717, 1.165) is 77.0 Å². The Morgan fingerprint density at radius 2 is 1.06 bits per heavy atom. The first-order valence-corrected chi connectivity index (χ1v) is 19.8. The van der Waals surface area contributed by atoms with Crippen LogP contribution in [0.4, 0.5) is 0 Å². The van der Waals surface area contributed by atoms with Crippen molar-refractivity contribution in [2.75, 3.05) is 47.5 Å². The molecule has 53 heavy (non-hydrogen) atoms. The molecule has 0 saturated heterocycles. The second-order valence-corrected chi connectivity index (χ2v) is 13.8. The number of ether oxygens (including phenoxy) is 4. The fourth-order valence-electron chi connectivity index (χ4n) is 4.63. The topological polar surface area (TPSA) is 108 Å². The van der Waals surface area contributed by atoms with E-state index in [0.29, 0.717) is 23.9 Å². The minimum atomic E-state index is -1.53. The van der Waals surface area contributed by atoms with Gasteiger partial charge in [0, 0.05) is 12.8 Å². The molecule has 0 aromatic heterocycles. The van der Waals surface area contributed by atoms with Crippen LogP contribution in [0.25, 0.3) is 0 Å². The van der Waals surface area contributed by atoms with Crippen LogP contribution < -0.4 is 0 Å². The van der Waals surface area contributed by atoms with Crippen molar-refractivity contribution in [2.45, 2.75) is 129 Å². The molecule has 0 rings (SSSR count). The van der Waals surface area contributed by atoms with E-state index in [1.807, 2.05) is 33.3 Å². The number of nitrogens with zero attached hydrogens (tertiary/aromatic N) is 1. The molecule has 0 heterocycles. The molecular weight excluding hydrogens is 670 g/mol. The SMILES string of the molecule is CC/C=C\C/C=C\C/C=C\C/C=C\CCC(=O)OC(COC(=O)CCCCCCC/C=C\C/C=C\C/C=C\CC)COC(OCC[N+](C)(C)C)C(=O)O. The van der Waals surface area contributed by atoms with Gasteiger partial charge in [-0.05, 0) is 70.6 Å². The molecule has 0 bridgehead atoms. The third-order valence-corrected chi connectivity index (χ3v) is 7.66. The molecule has 9 nitrogen and oxygen atoms in total. The van der Waals surface area contributed by atoms with Crippen LogP contribution in [-0.2, 0) is 33.3 Å². The molecular formula is C44H72NO8+. The average molecular weight is 743 g/mol. The van der Waals surface area contributed by atoms with Crippen LogP contribution in [0.3, 0.4) is 0 Å². The van der Waals surface area contributed by atoms with E-state index in [1.54, 1.807) is 0 Å². The van der Waals surface area contributed by atoms with Crippen molar-refractivity contribution in [1.29, 1.82) is 0 Å². The van der Waals surface area contributed by atoms with E-state index >= 15 is 0 Å². The number of aliphatic carboxylic acids is 1. The van der Waals surface area contributed by atoms with E-state index in [1.165, 1.54) is 0 Å². The van der Waals surface area contributed by atoms with Gasteiger partial charge in [0.1, 0.15) is 13.2 Å². The first-order chi connectivity index (χ1) is 25.6. The maximum absolute atomic E-state index is 12.7. The van der Waals surface area contributed by atoms with Crippen molar-refractivity contribution in [3.8, 4) is 0 Å². The van der Waals surface area contributed by atoms with Gasteiger partial charge < -0.3 is 28.5 Å². The largest absolute Gasteiger partial charge is 0.477 e. The number of carboxylic acid groups (broad SMARTS) is 1. The molecule has 2 atom stereocenters. The van der Waals surface area contributed by atoms with Crippen molar-refractivity contribution in [2.24, 2.45) is 0 Å². The lowest BCUT2D eigenvalue weighted by molar-refractivity contribution is -0.870. The summed E-state index contributed by atoms with van der Waals surface area (Å²) in [5.41, 5.74) is 0. The Balaban J connectivity index is 4.66. The summed E-state index contributed by atoms with van der Waals surface area (Å²) < 4.78 is 22.5. The zero-order chi connectivity index (χ0) is 39.3. The Morgan fingerprint density at radius 1 is 0.566 bits per heavy atom. The van der Waals surface area contributed by atoms with Crippen molar-refractivity contribution in [3.05, 3.63) is 85.1 Å². The maximum atomic E-state index is 12.7. The second kappa shape index (κ2) is 35.5. The average Bonchev–Trinajstić information content (AvgIpc) is 3.11. The molecule has 2 unspecified atom stereocenters. The Hall–Kier alpha value is -3.53. The van der Waals surface area contributed by atoms with E-state index in [-0.39, 0.29) is 38.6 Å². The standard InChI is InChI=1S/C44H71NO8/c1-6-8-10-12-14-16-18-20-21-23-24-26-28-30-32-34-41(46)51-38-40(39-52-44(43(48)49)50-37-36-45(3,4)5)53-42(47)35-33-31-29-27-25-22-19-17-15-13-11-9-7-2/h8-11,14-17,20-22,25,29,31,40,44H,6-7,12-13,18-19,23-24,26-28,30,32-39H2,1-5H3/p+1/b10-8-,11-9-,16-14-,17-15-,21-20-,25-22-,31-29-. The third-order valence-electron chi connectivity index (χ3n) is 7.66. The van der Waals surface area contributed by atoms with Crippen LogP contribution in [0, 0.1) is 0 Å². The van der Waals surface area contributed by atoms with Gasteiger partial charge in [-0.3, -0.25) is 9.59 Å². The molecule has 0 amide bonds. The molecule has 0 aliphatic heterocycles. The molecule has 0 aliphatic rings. The summed E-state index contributed by atoms with van der Waals surface area (Å²) in [5.74, 6) is -2.16. The third kappa shape index (κ3) is 36.6. The monoisotopic (exact) mass is 743 g/mol. The lowest BCUT2D eigenvalue weighted by Crippen LogP contribution is -2.40. The molecule has 0 spiro atoms. The predicted molar refractivity (Wildman–Crippen MR) is 216 cm³/mol. The summed E-state index contributed by atoms with van der Waals surface area (Å²) in [6, 6.07) is 0. The molecule has 0 saturated carbocycles. The number of carboxylic acids is 1. The molecule has 9 heteroatoms. The van der Waals surface area contributed by atoms with Crippen molar-refractivity contribution in [3.63, 3.8) is 0 Å². The van der Waals surface area contributed by atoms with Crippen molar-refractivity contribution < 1.29 is 42.9 Å². The van der Waals surface area contributed by atoms with E-state index < -0.39 is 24.3 Å². The van der Waals surface area contributed by atoms with Crippen LogP contribution >= 0.6 is 0 Å². The Labute approximate surface area is 321 Å². The maximum Gasteiger partial charge on any atom is 0.361 e. The zero-order valence-electron chi connectivity index (χ0n) is 33.6. The van der Waals surface area contributed by atoms with Gasteiger partial charge in [0.15, 0.2) is 6.10 Å². The molecule has 0 aliphatic carbocycles. The second-order valence-electron chi connectivity index (χ2n) is 13.8. The fourth-order valence-corrected chi connectivity index (χ4v) is 4.63. The van der Waals surface area contributed by atoms with Gasteiger partial charge in [0.2, 0.25) is 0 Å². The van der Waals surface area contributed by atoms with Gasteiger partial charge in [-0.1, -0.05) is 118 Å². The van der Waals surface area contributed by atoms with Gasteiger partial charge in [0.25, 0.3) is 6.29 Å². The van der Waals surface area contributed by atoms with Crippen molar-refractivity contribution >= 4 is 17.9 Å². The summed E-state index contributed by atoms with van der Waals surface area (Å²) in [6.45, 7) is 4.49. The van der Waals surface area contributed by atoms with Gasteiger partial charge in [-0.25, -0.2) is 4.79 Å². The number of hydrogen-bond donors (Lipinski definition) is 1. The highest BCUT2D eigenvalue weighted by Crippen LogP contribution is 2.10. The van der Waals surface area contributed by atoms with Gasteiger partial charge in [0.05, 0.1) is 34.4 Å². The summed E-state index contributed by atoms with van der Waals surface area (Å²) in [5, 5.41) is 9.59. The molecule has 0 aromatic carbocycles. The highest BCUT2D eigenvalue weighted by molar-refractivity contribution is 5.71. The smallest absolute Gasteiger partial charge is 0.361 e. The lowest BCUT2D eigenvalue weighted by Gasteiger charge is -2.25. The minimum absolute atomic E-state index is 0.130. The van der Waals surface area contributed by atoms with E-state index in [2.05, 4.69) is 86.8 Å². The molecule has 0 radical (unpaired) electrons. The van der Waals surface area contributed by atoms with E-state index in [4.69, 9.17) is 18.9 Å². The number of carbonyl (C=O) groups is 3. The van der Waals surface area contributed by atoms with E-state index in [9.17, 15) is 19.5 Å². The fraction of sp³-hybridized carbons (Fsp3) is 0.614. The lowest BCUT2D eigenvalue weighted by atomic mass is 10.1. The number of allylic oxidation sites excluding steroid dienone is 14. The Kier molecular flexibility index (Phi) is 33.1. The number of unbranched alkanes of at least 4 members (excludes halogenated alkanes) is 5. The molecule has 0 aromatic rings. The predicted octanol–water partition coefficient (Wildman–Crippen LogP) is 9.77. The van der Waals surface area contributed by atoms with Crippen LogP contribution in [-0.4, -0.2) is 87.4 Å². The molecule has 1 N–H and O–H groups in total. The summed E-state index contributed by atoms with van der Waals surface area (Å²) in [6.07, 6.45) is 40.9. The first-order valence-electron chi connectivity index (χ1n) is 19.8. The number of quaternary nitrogens is 1. The number of likely N-dealkylation sites (N-methyl/N-ethyl adjacent to an activating group) is 1. The molecule has 0 fully saturated rings. The van der Waals surface area contributed by atoms with Crippen molar-refractivity contribution in [1.82, 2.24) is 0 Å². The summed E-state index contributed by atoms with van der Waals surface area (Å²) >= 11 is 0. The Morgan fingerprint density at radius 3 is 1.58 bits per heavy atom. The van der Waals surface area contributed by atoms with Gasteiger partial charge in [-0.2, -0.15) is 0 Å². The van der Waals surface area contributed by atoms with Crippen LogP contribution in [0.2, 0.25) is 0 Å². The number of hydrogen-bond acceptors (Lipinski definition) is 7. The minimum Gasteiger partial charge on any atom is -0.477 e. The van der Waals surface area contributed by atoms with Crippen LogP contribution in [0.5, 0.6) is 0 Å². The normalized spacial score (nSPS) is 13.9. The van der Waals surface area contributed by atoms with Gasteiger partial charge >= 0.3 is 17.9 Å². The first kappa shape index (κ1) is 49.5. The Bertz CT molecular complexity index is 1140. The van der Waals surface area contributed by atoms with Gasteiger partial charge in [-0.15, -0.1) is 0 Å². The summed E-state index contributed by atoms with van der Waals surface area (Å²) in [4.78, 5) is 36.9.